The molecule has 0 spiro atoms. The zero-order valence-electron chi connectivity index (χ0n) is 9.37. The van der Waals surface area contributed by atoms with Crippen molar-refractivity contribution in [2.75, 3.05) is 31.1 Å². The summed E-state index contributed by atoms with van der Waals surface area (Å²) in [5.41, 5.74) is 5.86. The van der Waals surface area contributed by atoms with Gasteiger partial charge in [-0.05, 0) is 32.4 Å². The maximum Gasteiger partial charge on any atom is 0.0127 e. The van der Waals surface area contributed by atoms with Crippen LogP contribution in [0.2, 0.25) is 0 Å². The second-order valence-electron chi connectivity index (χ2n) is 4.15. The van der Waals surface area contributed by atoms with Gasteiger partial charge in [0, 0.05) is 24.1 Å². The molecule has 1 aliphatic heterocycles. The fourth-order valence-electron chi connectivity index (χ4n) is 1.73. The molecule has 1 heterocycles. The minimum absolute atomic E-state index is 0.404. The summed E-state index contributed by atoms with van der Waals surface area (Å²) in [7, 11) is 0. The first-order valence-electron chi connectivity index (χ1n) is 5.88. The third kappa shape index (κ3) is 5.23. The topological polar surface area (TPSA) is 29.3 Å². The number of rotatable bonds is 6. The van der Waals surface area contributed by atoms with E-state index < -0.39 is 0 Å². The van der Waals surface area contributed by atoms with Crippen molar-refractivity contribution in [2.45, 2.75) is 38.6 Å². The van der Waals surface area contributed by atoms with Crippen LogP contribution in [0.15, 0.2) is 0 Å². The summed E-state index contributed by atoms with van der Waals surface area (Å²) in [5.74, 6) is 2.39. The molecule has 0 aliphatic carbocycles. The molecule has 0 saturated carbocycles. The highest BCUT2D eigenvalue weighted by molar-refractivity contribution is 7.99. The van der Waals surface area contributed by atoms with E-state index in [4.69, 9.17) is 5.73 Å². The van der Waals surface area contributed by atoms with E-state index in [0.717, 1.165) is 12.2 Å². The zero-order chi connectivity index (χ0) is 10.2. The molecule has 14 heavy (non-hydrogen) atoms. The lowest BCUT2D eigenvalue weighted by molar-refractivity contribution is 0.242. The molecule has 1 fully saturated rings. The van der Waals surface area contributed by atoms with Crippen molar-refractivity contribution in [1.29, 1.82) is 0 Å². The maximum atomic E-state index is 5.86. The highest BCUT2D eigenvalue weighted by Crippen LogP contribution is 2.10. The van der Waals surface area contributed by atoms with Crippen LogP contribution in [0.1, 0.15) is 32.6 Å². The summed E-state index contributed by atoms with van der Waals surface area (Å²) in [5, 5.41) is 0. The molecule has 2 N–H and O–H groups in total. The number of thioether (sulfide) groups is 1. The average Bonchev–Trinajstić information content (AvgIpc) is 2.25. The summed E-state index contributed by atoms with van der Waals surface area (Å²) >= 11 is 2.01. The van der Waals surface area contributed by atoms with E-state index in [-0.39, 0.29) is 0 Å². The van der Waals surface area contributed by atoms with Gasteiger partial charge < -0.3 is 10.6 Å². The third-order valence-electron chi connectivity index (χ3n) is 2.86. The summed E-state index contributed by atoms with van der Waals surface area (Å²) in [6, 6.07) is 0.404. The Hall–Kier alpha value is 0.270. The van der Waals surface area contributed by atoms with Crippen molar-refractivity contribution in [3.63, 3.8) is 0 Å². The first-order chi connectivity index (χ1) is 6.83. The molecule has 2 nitrogen and oxygen atoms in total. The van der Waals surface area contributed by atoms with E-state index in [2.05, 4.69) is 11.8 Å². The standard InChI is InChI=1S/C11H24N2S/c1-2-11(12)10-14-9-8-13-6-4-3-5-7-13/h11H,2-10,12H2,1H3. The SMILES string of the molecule is CCC(N)CSCCN1CCCCC1. The van der Waals surface area contributed by atoms with Gasteiger partial charge in [0.25, 0.3) is 0 Å². The van der Waals surface area contributed by atoms with Crippen LogP contribution in [0.5, 0.6) is 0 Å². The van der Waals surface area contributed by atoms with Crippen LogP contribution in [0.4, 0.5) is 0 Å². The van der Waals surface area contributed by atoms with Crippen LogP contribution >= 0.6 is 11.8 Å². The molecule has 1 atom stereocenters. The Morgan fingerprint density at radius 2 is 2.00 bits per heavy atom. The fourth-order valence-corrected chi connectivity index (χ4v) is 2.82. The summed E-state index contributed by atoms with van der Waals surface area (Å²) in [6.07, 6.45) is 5.35. The Kier molecular flexibility index (Phi) is 6.65. The van der Waals surface area contributed by atoms with Crippen molar-refractivity contribution >= 4 is 11.8 Å². The van der Waals surface area contributed by atoms with Crippen LogP contribution in [0, 0.1) is 0 Å². The lowest BCUT2D eigenvalue weighted by atomic mass is 10.1. The van der Waals surface area contributed by atoms with Gasteiger partial charge in [-0.2, -0.15) is 11.8 Å². The molecule has 0 amide bonds. The molecular weight excluding hydrogens is 192 g/mol. The van der Waals surface area contributed by atoms with Crippen LogP contribution in [-0.4, -0.2) is 42.1 Å². The lowest BCUT2D eigenvalue weighted by Gasteiger charge is -2.26. The molecule has 1 aliphatic rings. The van der Waals surface area contributed by atoms with Gasteiger partial charge in [0.2, 0.25) is 0 Å². The van der Waals surface area contributed by atoms with Gasteiger partial charge in [-0.15, -0.1) is 0 Å². The molecule has 1 saturated heterocycles. The molecule has 3 heteroatoms. The number of nitrogens with zero attached hydrogens (tertiary/aromatic N) is 1. The van der Waals surface area contributed by atoms with E-state index in [9.17, 15) is 0 Å². The Labute approximate surface area is 92.6 Å². The molecule has 0 radical (unpaired) electrons. The second-order valence-corrected chi connectivity index (χ2v) is 5.30. The predicted molar refractivity (Wildman–Crippen MR) is 65.9 cm³/mol. The zero-order valence-corrected chi connectivity index (χ0v) is 10.2. The van der Waals surface area contributed by atoms with E-state index in [0.29, 0.717) is 6.04 Å². The van der Waals surface area contributed by atoms with Gasteiger partial charge in [-0.25, -0.2) is 0 Å². The van der Waals surface area contributed by atoms with Crippen molar-refractivity contribution in [3.05, 3.63) is 0 Å². The normalized spacial score (nSPS) is 21.0. The maximum absolute atomic E-state index is 5.86. The van der Waals surface area contributed by atoms with E-state index in [1.807, 2.05) is 11.8 Å². The molecule has 0 aromatic rings. The first-order valence-corrected chi connectivity index (χ1v) is 7.04. The minimum Gasteiger partial charge on any atom is -0.327 e. The third-order valence-corrected chi connectivity index (χ3v) is 3.99. The smallest absolute Gasteiger partial charge is 0.0127 e. The quantitative estimate of drug-likeness (QED) is 0.688. The number of piperidine rings is 1. The van der Waals surface area contributed by atoms with Crippen LogP contribution < -0.4 is 5.73 Å². The van der Waals surface area contributed by atoms with E-state index in [1.54, 1.807) is 0 Å². The highest BCUT2D eigenvalue weighted by Gasteiger charge is 2.09. The average molecular weight is 216 g/mol. The van der Waals surface area contributed by atoms with Crippen molar-refractivity contribution in [3.8, 4) is 0 Å². The highest BCUT2D eigenvalue weighted by atomic mass is 32.2. The van der Waals surface area contributed by atoms with Crippen LogP contribution in [-0.2, 0) is 0 Å². The largest absolute Gasteiger partial charge is 0.327 e. The molecular formula is C11H24N2S. The van der Waals surface area contributed by atoms with Gasteiger partial charge in [0.1, 0.15) is 0 Å². The summed E-state index contributed by atoms with van der Waals surface area (Å²) < 4.78 is 0. The van der Waals surface area contributed by atoms with Gasteiger partial charge in [0.05, 0.1) is 0 Å². The van der Waals surface area contributed by atoms with Gasteiger partial charge in [0.15, 0.2) is 0 Å². The minimum atomic E-state index is 0.404. The van der Waals surface area contributed by atoms with Gasteiger partial charge >= 0.3 is 0 Å². The van der Waals surface area contributed by atoms with Crippen molar-refractivity contribution < 1.29 is 0 Å². The number of likely N-dealkylation sites (tertiary alicyclic amines) is 1. The molecule has 0 bridgehead atoms. The van der Waals surface area contributed by atoms with Gasteiger partial charge in [-0.1, -0.05) is 13.3 Å². The number of hydrogen-bond acceptors (Lipinski definition) is 3. The van der Waals surface area contributed by atoms with Crippen LogP contribution in [0.25, 0.3) is 0 Å². The molecule has 84 valence electrons. The van der Waals surface area contributed by atoms with Crippen molar-refractivity contribution in [1.82, 2.24) is 4.90 Å². The van der Waals surface area contributed by atoms with Crippen molar-refractivity contribution in [2.24, 2.45) is 5.73 Å². The number of hydrogen-bond donors (Lipinski definition) is 1. The predicted octanol–water partition coefficient (Wildman–Crippen LogP) is 1.94. The molecule has 0 aromatic carbocycles. The van der Waals surface area contributed by atoms with Crippen LogP contribution in [0.3, 0.4) is 0 Å². The number of nitrogens with two attached hydrogens (primary N) is 1. The first kappa shape index (κ1) is 12.3. The van der Waals surface area contributed by atoms with Gasteiger partial charge in [-0.3, -0.25) is 0 Å². The Balaban J connectivity index is 1.92. The van der Waals surface area contributed by atoms with E-state index in [1.165, 1.54) is 44.6 Å². The van der Waals surface area contributed by atoms with E-state index >= 15 is 0 Å². The summed E-state index contributed by atoms with van der Waals surface area (Å²) in [6.45, 7) is 6.07. The fraction of sp³-hybridized carbons (Fsp3) is 1.00. The Morgan fingerprint density at radius 1 is 1.29 bits per heavy atom. The summed E-state index contributed by atoms with van der Waals surface area (Å²) in [4.78, 5) is 2.59. The molecule has 1 rings (SSSR count). The second kappa shape index (κ2) is 7.55. The molecule has 1 unspecified atom stereocenters. The lowest BCUT2D eigenvalue weighted by Crippen LogP contribution is -2.32. The Morgan fingerprint density at radius 3 is 2.64 bits per heavy atom. The Bertz CT molecular complexity index is 135. The monoisotopic (exact) mass is 216 g/mol. The molecule has 0 aromatic heterocycles.